The van der Waals surface area contributed by atoms with Crippen LogP contribution < -0.4 is 5.32 Å². The Morgan fingerprint density at radius 1 is 1.07 bits per heavy atom. The molecule has 0 atom stereocenters. The van der Waals surface area contributed by atoms with Crippen molar-refractivity contribution in [3.63, 3.8) is 0 Å². The molecule has 1 N–H and O–H groups in total. The summed E-state index contributed by atoms with van der Waals surface area (Å²) in [5.74, 6) is 0. The Labute approximate surface area is 87.8 Å². The first-order chi connectivity index (χ1) is 7.40. The van der Waals surface area contributed by atoms with Gasteiger partial charge in [-0.1, -0.05) is 18.2 Å². The highest BCUT2D eigenvalue weighted by atomic mass is 16.1. The third-order valence-corrected chi connectivity index (χ3v) is 2.00. The van der Waals surface area contributed by atoms with Crippen LogP contribution in [0.5, 0.6) is 0 Å². The zero-order valence-electron chi connectivity index (χ0n) is 8.05. The van der Waals surface area contributed by atoms with Crippen LogP contribution in [0.15, 0.2) is 48.7 Å². The van der Waals surface area contributed by atoms with E-state index >= 15 is 0 Å². The van der Waals surface area contributed by atoms with Gasteiger partial charge in [0.2, 0.25) is 0 Å². The molecule has 74 valence electrons. The average molecular weight is 198 g/mol. The molecule has 1 aromatic heterocycles. The highest BCUT2D eigenvalue weighted by molar-refractivity contribution is 5.83. The van der Waals surface area contributed by atoms with Gasteiger partial charge in [0.05, 0.1) is 5.69 Å². The number of para-hydroxylation sites is 1. The summed E-state index contributed by atoms with van der Waals surface area (Å²) in [5.41, 5.74) is 2.08. The van der Waals surface area contributed by atoms with Crippen molar-refractivity contribution >= 4 is 17.7 Å². The van der Waals surface area contributed by atoms with E-state index in [9.17, 15) is 4.79 Å². The van der Waals surface area contributed by atoms with Crippen LogP contribution in [-0.4, -0.2) is 11.3 Å². The fraction of sp³-hybridized carbons (Fsp3) is 0. The molecule has 15 heavy (non-hydrogen) atoms. The summed E-state index contributed by atoms with van der Waals surface area (Å²) in [7, 11) is 0. The number of nitrogens with one attached hydrogen (secondary N) is 1. The predicted molar refractivity (Wildman–Crippen MR) is 59.3 cm³/mol. The molecule has 0 bridgehead atoms. The number of hydrogen-bond acceptors (Lipinski definition) is 3. The van der Waals surface area contributed by atoms with Crippen molar-refractivity contribution in [3.8, 4) is 0 Å². The normalized spacial score (nSPS) is 9.60. The van der Waals surface area contributed by atoms with Crippen molar-refractivity contribution in [2.24, 2.45) is 0 Å². The van der Waals surface area contributed by atoms with E-state index in [0.29, 0.717) is 5.69 Å². The molecule has 2 rings (SSSR count). The lowest BCUT2D eigenvalue weighted by Gasteiger charge is -2.06. The third kappa shape index (κ3) is 2.20. The number of benzene rings is 1. The molecule has 0 aliphatic carbocycles. The molecule has 3 nitrogen and oxygen atoms in total. The van der Waals surface area contributed by atoms with Gasteiger partial charge >= 0.3 is 0 Å². The Kier molecular flexibility index (Phi) is 2.74. The van der Waals surface area contributed by atoms with E-state index in [-0.39, 0.29) is 0 Å². The lowest BCUT2D eigenvalue weighted by Crippen LogP contribution is -1.96. The van der Waals surface area contributed by atoms with Gasteiger partial charge in [0.25, 0.3) is 0 Å². The Hall–Kier alpha value is -2.16. The first-order valence-electron chi connectivity index (χ1n) is 4.62. The SMILES string of the molecule is O=Cc1ncccc1Nc1ccccc1. The van der Waals surface area contributed by atoms with Crippen LogP contribution in [0, 0.1) is 0 Å². The van der Waals surface area contributed by atoms with Crippen LogP contribution in [0.2, 0.25) is 0 Å². The molecule has 0 fully saturated rings. The fourth-order valence-electron chi connectivity index (χ4n) is 1.29. The summed E-state index contributed by atoms with van der Waals surface area (Å²) in [6.07, 6.45) is 2.34. The molecule has 2 aromatic rings. The molecular formula is C12H10N2O. The minimum absolute atomic E-state index is 0.418. The molecule has 0 spiro atoms. The minimum atomic E-state index is 0.418. The Bertz CT molecular complexity index is 454. The van der Waals surface area contributed by atoms with E-state index in [1.165, 1.54) is 0 Å². The molecule has 0 aliphatic heterocycles. The highest BCUT2D eigenvalue weighted by Gasteiger charge is 2.00. The summed E-state index contributed by atoms with van der Waals surface area (Å²) in [4.78, 5) is 14.7. The van der Waals surface area contributed by atoms with Crippen LogP contribution in [0.3, 0.4) is 0 Å². The second-order valence-electron chi connectivity index (χ2n) is 3.05. The van der Waals surface area contributed by atoms with E-state index in [0.717, 1.165) is 17.7 Å². The van der Waals surface area contributed by atoms with E-state index in [4.69, 9.17) is 0 Å². The van der Waals surface area contributed by atoms with Gasteiger partial charge in [0, 0.05) is 11.9 Å². The van der Waals surface area contributed by atoms with Gasteiger partial charge in [-0.15, -0.1) is 0 Å². The topological polar surface area (TPSA) is 42.0 Å². The quantitative estimate of drug-likeness (QED) is 0.771. The number of rotatable bonds is 3. The van der Waals surface area contributed by atoms with Crippen molar-refractivity contribution in [1.29, 1.82) is 0 Å². The summed E-state index contributed by atoms with van der Waals surface area (Å²) in [6, 6.07) is 13.3. The first-order valence-corrected chi connectivity index (χ1v) is 4.62. The minimum Gasteiger partial charge on any atom is -0.354 e. The summed E-state index contributed by atoms with van der Waals surface area (Å²) >= 11 is 0. The van der Waals surface area contributed by atoms with Crippen LogP contribution in [0.25, 0.3) is 0 Å². The largest absolute Gasteiger partial charge is 0.354 e. The molecule has 0 radical (unpaired) electrons. The summed E-state index contributed by atoms with van der Waals surface area (Å²) in [6.45, 7) is 0. The van der Waals surface area contributed by atoms with Crippen LogP contribution in [-0.2, 0) is 0 Å². The molecule has 3 heteroatoms. The Morgan fingerprint density at radius 2 is 1.87 bits per heavy atom. The zero-order chi connectivity index (χ0) is 10.5. The van der Waals surface area contributed by atoms with Crippen molar-refractivity contribution < 1.29 is 4.79 Å². The number of aromatic nitrogens is 1. The second-order valence-corrected chi connectivity index (χ2v) is 3.05. The van der Waals surface area contributed by atoms with Crippen molar-refractivity contribution in [1.82, 2.24) is 4.98 Å². The zero-order valence-corrected chi connectivity index (χ0v) is 8.05. The number of carbonyl (C=O) groups excluding carboxylic acids is 1. The van der Waals surface area contributed by atoms with E-state index in [1.54, 1.807) is 12.3 Å². The number of anilines is 2. The van der Waals surface area contributed by atoms with Crippen LogP contribution in [0.4, 0.5) is 11.4 Å². The molecule has 0 saturated carbocycles. The standard InChI is InChI=1S/C12H10N2O/c15-9-12-11(7-4-8-13-12)14-10-5-2-1-3-6-10/h1-9,14H. The average Bonchev–Trinajstić information content (AvgIpc) is 2.31. The molecule has 0 saturated heterocycles. The number of aldehydes is 1. The van der Waals surface area contributed by atoms with Gasteiger partial charge in [-0.05, 0) is 24.3 Å². The molecule has 1 aromatic carbocycles. The highest BCUT2D eigenvalue weighted by Crippen LogP contribution is 2.17. The lowest BCUT2D eigenvalue weighted by molar-refractivity contribution is 0.112. The Morgan fingerprint density at radius 3 is 2.60 bits per heavy atom. The van der Waals surface area contributed by atoms with E-state index in [1.807, 2.05) is 36.4 Å². The van der Waals surface area contributed by atoms with E-state index in [2.05, 4.69) is 10.3 Å². The maximum atomic E-state index is 10.7. The molecular weight excluding hydrogens is 188 g/mol. The van der Waals surface area contributed by atoms with Crippen molar-refractivity contribution in [3.05, 3.63) is 54.4 Å². The van der Waals surface area contributed by atoms with E-state index < -0.39 is 0 Å². The summed E-state index contributed by atoms with van der Waals surface area (Å²) in [5, 5.41) is 3.13. The first kappa shape index (κ1) is 9.40. The monoisotopic (exact) mass is 198 g/mol. The van der Waals surface area contributed by atoms with Gasteiger partial charge in [-0.2, -0.15) is 0 Å². The Balaban J connectivity index is 2.28. The number of hydrogen-bond donors (Lipinski definition) is 1. The second kappa shape index (κ2) is 4.37. The number of nitrogens with zero attached hydrogens (tertiary/aromatic N) is 1. The maximum absolute atomic E-state index is 10.7. The maximum Gasteiger partial charge on any atom is 0.170 e. The van der Waals surface area contributed by atoms with Crippen molar-refractivity contribution in [2.75, 3.05) is 5.32 Å². The van der Waals surface area contributed by atoms with Crippen LogP contribution in [0.1, 0.15) is 10.5 Å². The number of pyridine rings is 1. The van der Waals surface area contributed by atoms with Gasteiger partial charge < -0.3 is 5.32 Å². The van der Waals surface area contributed by atoms with Crippen molar-refractivity contribution in [2.45, 2.75) is 0 Å². The van der Waals surface area contributed by atoms with Gasteiger partial charge in [-0.3, -0.25) is 9.78 Å². The molecule has 1 heterocycles. The van der Waals surface area contributed by atoms with Gasteiger partial charge in [0.1, 0.15) is 5.69 Å². The molecule has 0 amide bonds. The lowest BCUT2D eigenvalue weighted by atomic mass is 10.2. The van der Waals surface area contributed by atoms with Gasteiger partial charge in [-0.25, -0.2) is 0 Å². The number of carbonyl (C=O) groups is 1. The summed E-state index contributed by atoms with van der Waals surface area (Å²) < 4.78 is 0. The van der Waals surface area contributed by atoms with Crippen LogP contribution >= 0.6 is 0 Å². The molecule has 0 aliphatic rings. The predicted octanol–water partition coefficient (Wildman–Crippen LogP) is 2.64. The smallest absolute Gasteiger partial charge is 0.170 e. The fourth-order valence-corrected chi connectivity index (χ4v) is 1.29. The molecule has 0 unspecified atom stereocenters. The third-order valence-electron chi connectivity index (χ3n) is 2.00. The van der Waals surface area contributed by atoms with Gasteiger partial charge in [0.15, 0.2) is 6.29 Å².